The van der Waals surface area contributed by atoms with Crippen molar-refractivity contribution in [2.75, 3.05) is 64.1 Å². The Morgan fingerprint density at radius 1 is 1.14 bits per heavy atom. The fourth-order valence-corrected chi connectivity index (χ4v) is 3.61. The predicted molar refractivity (Wildman–Crippen MR) is 91.7 cm³/mol. The van der Waals surface area contributed by atoms with E-state index in [0.717, 1.165) is 24.5 Å². The van der Waals surface area contributed by atoms with Crippen LogP contribution in [0.5, 0.6) is 5.75 Å². The average Bonchev–Trinajstić information content (AvgIpc) is 2.55. The lowest BCUT2D eigenvalue weighted by atomic mass is 10.0. The monoisotopic (exact) mass is 304 g/mol. The fraction of sp³-hybridized carbons (Fsp3) is 0.647. The first-order valence-electron chi connectivity index (χ1n) is 8.28. The van der Waals surface area contributed by atoms with Gasteiger partial charge in [-0.3, -0.25) is 4.90 Å². The Morgan fingerprint density at radius 2 is 1.91 bits per heavy atom. The van der Waals surface area contributed by atoms with E-state index in [1.54, 1.807) is 7.11 Å². The lowest BCUT2D eigenvalue weighted by Gasteiger charge is -2.43. The Morgan fingerprint density at radius 3 is 2.64 bits per heavy atom. The molecule has 0 aromatic heterocycles. The second-order valence-electron chi connectivity index (χ2n) is 6.51. The van der Waals surface area contributed by atoms with Gasteiger partial charge in [0.15, 0.2) is 0 Å². The standard InChI is InChI=1S/C17H28N4O/c1-19-8-10-20(11-9-19)15-4-3-7-21(13-15)16-6-5-14(18)12-17(16)22-2/h5-6,12,15H,3-4,7-11,13,18H2,1-2H3. The maximum Gasteiger partial charge on any atom is 0.144 e. The van der Waals surface area contributed by atoms with E-state index in [-0.39, 0.29) is 0 Å². The summed E-state index contributed by atoms with van der Waals surface area (Å²) in [5.74, 6) is 0.888. The molecule has 5 heteroatoms. The fourth-order valence-electron chi connectivity index (χ4n) is 3.61. The number of piperidine rings is 1. The molecule has 0 aliphatic carbocycles. The number of ether oxygens (including phenoxy) is 1. The molecule has 0 bridgehead atoms. The van der Waals surface area contributed by atoms with Crippen molar-refractivity contribution in [3.05, 3.63) is 18.2 Å². The molecule has 2 saturated heterocycles. The third kappa shape index (κ3) is 3.31. The van der Waals surface area contributed by atoms with Crippen molar-refractivity contribution in [3.63, 3.8) is 0 Å². The van der Waals surface area contributed by atoms with Gasteiger partial charge >= 0.3 is 0 Å². The van der Waals surface area contributed by atoms with Crippen molar-refractivity contribution >= 4 is 11.4 Å². The zero-order valence-corrected chi connectivity index (χ0v) is 13.8. The highest BCUT2D eigenvalue weighted by Gasteiger charge is 2.28. The Balaban J connectivity index is 1.70. The molecule has 2 aliphatic heterocycles. The van der Waals surface area contributed by atoms with Crippen LogP contribution in [0.2, 0.25) is 0 Å². The molecule has 2 fully saturated rings. The molecule has 0 amide bonds. The molecule has 1 aromatic rings. The Kier molecular flexibility index (Phi) is 4.74. The summed E-state index contributed by atoms with van der Waals surface area (Å²) in [4.78, 5) is 7.54. The van der Waals surface area contributed by atoms with E-state index < -0.39 is 0 Å². The van der Waals surface area contributed by atoms with E-state index in [0.29, 0.717) is 6.04 Å². The van der Waals surface area contributed by atoms with Crippen LogP contribution in [0.1, 0.15) is 12.8 Å². The van der Waals surface area contributed by atoms with Crippen LogP contribution < -0.4 is 15.4 Å². The molecule has 3 rings (SSSR count). The molecule has 22 heavy (non-hydrogen) atoms. The largest absolute Gasteiger partial charge is 0.495 e. The summed E-state index contributed by atoms with van der Waals surface area (Å²) in [5.41, 5.74) is 7.81. The third-order valence-corrected chi connectivity index (χ3v) is 5.00. The molecule has 2 N–H and O–H groups in total. The minimum Gasteiger partial charge on any atom is -0.495 e. The maximum atomic E-state index is 5.88. The summed E-state index contributed by atoms with van der Waals surface area (Å²) in [6.07, 6.45) is 2.54. The van der Waals surface area contributed by atoms with Crippen molar-refractivity contribution in [2.45, 2.75) is 18.9 Å². The van der Waals surface area contributed by atoms with Crippen molar-refractivity contribution in [1.82, 2.24) is 9.80 Å². The quantitative estimate of drug-likeness (QED) is 0.857. The lowest BCUT2D eigenvalue weighted by Crippen LogP contribution is -2.54. The highest BCUT2D eigenvalue weighted by molar-refractivity contribution is 5.64. The molecule has 0 spiro atoms. The van der Waals surface area contributed by atoms with Gasteiger partial charge in [-0.15, -0.1) is 0 Å². The number of methoxy groups -OCH3 is 1. The molecule has 0 radical (unpaired) electrons. The first-order chi connectivity index (χ1) is 10.7. The molecule has 122 valence electrons. The number of nitrogen functional groups attached to an aromatic ring is 1. The minimum atomic E-state index is 0.657. The van der Waals surface area contributed by atoms with Gasteiger partial charge in [-0.05, 0) is 32.0 Å². The van der Waals surface area contributed by atoms with Crippen molar-refractivity contribution in [1.29, 1.82) is 0 Å². The predicted octanol–water partition coefficient (Wildman–Crippen LogP) is 1.49. The minimum absolute atomic E-state index is 0.657. The maximum absolute atomic E-state index is 5.88. The van der Waals surface area contributed by atoms with Gasteiger partial charge in [0.1, 0.15) is 5.75 Å². The highest BCUT2D eigenvalue weighted by atomic mass is 16.5. The number of likely N-dealkylation sites (N-methyl/N-ethyl adjacent to an activating group) is 1. The zero-order valence-electron chi connectivity index (χ0n) is 13.8. The Labute approximate surface area is 133 Å². The second-order valence-corrected chi connectivity index (χ2v) is 6.51. The summed E-state index contributed by atoms with van der Waals surface area (Å²) >= 11 is 0. The Hall–Kier alpha value is -1.46. The van der Waals surface area contributed by atoms with Crippen LogP contribution >= 0.6 is 0 Å². The summed E-state index contributed by atoms with van der Waals surface area (Å²) < 4.78 is 5.53. The smallest absolute Gasteiger partial charge is 0.144 e. The van der Waals surface area contributed by atoms with Crippen LogP contribution in [0, 0.1) is 0 Å². The van der Waals surface area contributed by atoms with E-state index in [4.69, 9.17) is 10.5 Å². The average molecular weight is 304 g/mol. The van der Waals surface area contributed by atoms with Gasteiger partial charge in [0, 0.05) is 57.1 Å². The number of piperazine rings is 1. The molecule has 0 saturated carbocycles. The molecule has 2 aliphatic rings. The van der Waals surface area contributed by atoms with Crippen molar-refractivity contribution in [3.8, 4) is 5.75 Å². The number of hydrogen-bond acceptors (Lipinski definition) is 5. The van der Waals surface area contributed by atoms with Gasteiger partial charge in [-0.1, -0.05) is 0 Å². The summed E-state index contributed by atoms with van der Waals surface area (Å²) in [6.45, 7) is 6.93. The molecular formula is C17H28N4O. The lowest BCUT2D eigenvalue weighted by molar-refractivity contribution is 0.102. The van der Waals surface area contributed by atoms with Crippen LogP contribution in [0.4, 0.5) is 11.4 Å². The summed E-state index contributed by atoms with van der Waals surface area (Å²) in [5, 5.41) is 0. The normalized spacial score (nSPS) is 24.5. The second kappa shape index (κ2) is 6.75. The first kappa shape index (κ1) is 15.4. The molecule has 1 atom stereocenters. The number of benzene rings is 1. The van der Waals surface area contributed by atoms with Gasteiger partial charge in [0.05, 0.1) is 12.8 Å². The van der Waals surface area contributed by atoms with Crippen molar-refractivity contribution < 1.29 is 4.74 Å². The molecule has 1 aromatic carbocycles. The number of anilines is 2. The molecule has 2 heterocycles. The molecule has 1 unspecified atom stereocenters. The van der Waals surface area contributed by atoms with Crippen LogP contribution in [0.3, 0.4) is 0 Å². The summed E-state index contributed by atoms with van der Waals surface area (Å²) in [7, 11) is 3.93. The van der Waals surface area contributed by atoms with Gasteiger partial charge in [-0.25, -0.2) is 0 Å². The Bertz CT molecular complexity index is 499. The SMILES string of the molecule is COc1cc(N)ccc1N1CCCC(N2CCN(C)CC2)C1. The van der Waals surface area contributed by atoms with E-state index in [2.05, 4.69) is 27.8 Å². The number of hydrogen-bond donors (Lipinski definition) is 1. The van der Waals surface area contributed by atoms with E-state index in [1.165, 1.54) is 44.7 Å². The first-order valence-corrected chi connectivity index (χ1v) is 8.28. The van der Waals surface area contributed by atoms with E-state index >= 15 is 0 Å². The molecular weight excluding hydrogens is 276 g/mol. The van der Waals surface area contributed by atoms with Crippen molar-refractivity contribution in [2.24, 2.45) is 0 Å². The number of rotatable bonds is 3. The third-order valence-electron chi connectivity index (χ3n) is 5.00. The topological polar surface area (TPSA) is 45.0 Å². The van der Waals surface area contributed by atoms with Gasteiger partial charge in [-0.2, -0.15) is 0 Å². The highest BCUT2D eigenvalue weighted by Crippen LogP contribution is 2.33. The van der Waals surface area contributed by atoms with E-state index in [9.17, 15) is 0 Å². The van der Waals surface area contributed by atoms with Crippen LogP contribution in [-0.2, 0) is 0 Å². The van der Waals surface area contributed by atoms with Gasteiger partial charge in [0.25, 0.3) is 0 Å². The van der Waals surface area contributed by atoms with Gasteiger partial charge in [0.2, 0.25) is 0 Å². The zero-order chi connectivity index (χ0) is 15.5. The van der Waals surface area contributed by atoms with Crippen LogP contribution in [0.25, 0.3) is 0 Å². The summed E-state index contributed by atoms with van der Waals surface area (Å²) in [6, 6.07) is 6.65. The van der Waals surface area contributed by atoms with Crippen LogP contribution in [-0.4, -0.2) is 69.3 Å². The number of nitrogens with zero attached hydrogens (tertiary/aromatic N) is 3. The van der Waals surface area contributed by atoms with E-state index in [1.807, 2.05) is 12.1 Å². The molecule has 5 nitrogen and oxygen atoms in total. The number of nitrogens with two attached hydrogens (primary N) is 1. The van der Waals surface area contributed by atoms with Gasteiger partial charge < -0.3 is 20.3 Å². The van der Waals surface area contributed by atoms with Crippen LogP contribution in [0.15, 0.2) is 18.2 Å².